The zero-order valence-corrected chi connectivity index (χ0v) is 15.2. The van der Waals surface area contributed by atoms with E-state index in [1.807, 2.05) is 31.2 Å². The van der Waals surface area contributed by atoms with E-state index in [0.29, 0.717) is 18.7 Å². The summed E-state index contributed by atoms with van der Waals surface area (Å²) in [5.74, 6) is 0.592. The molecule has 26 heavy (non-hydrogen) atoms. The molecule has 0 atom stereocenters. The summed E-state index contributed by atoms with van der Waals surface area (Å²) in [5.41, 5.74) is 2.39. The highest BCUT2D eigenvalue weighted by atomic mass is 16.5. The first kappa shape index (κ1) is 19.3. The molecule has 2 aromatic rings. The van der Waals surface area contributed by atoms with Crippen LogP contribution in [-0.4, -0.2) is 32.0 Å². The first-order valence-corrected chi connectivity index (χ1v) is 8.64. The molecule has 0 saturated heterocycles. The second-order valence-corrected chi connectivity index (χ2v) is 5.81. The summed E-state index contributed by atoms with van der Waals surface area (Å²) in [6, 6.07) is 14.6. The molecule has 0 spiro atoms. The smallest absolute Gasteiger partial charge is 0.251 e. The van der Waals surface area contributed by atoms with Crippen molar-refractivity contribution >= 4 is 17.5 Å². The molecule has 2 aromatic carbocycles. The third kappa shape index (κ3) is 6.12. The van der Waals surface area contributed by atoms with Crippen molar-refractivity contribution in [2.24, 2.45) is 0 Å². The van der Waals surface area contributed by atoms with Gasteiger partial charge in [-0.15, -0.1) is 0 Å². The molecule has 0 saturated carbocycles. The Kier molecular flexibility index (Phi) is 7.49. The van der Waals surface area contributed by atoms with Gasteiger partial charge in [0.15, 0.2) is 0 Å². The van der Waals surface area contributed by atoms with Gasteiger partial charge in [0, 0.05) is 24.3 Å². The molecular formula is C20H25N3O3. The third-order valence-corrected chi connectivity index (χ3v) is 3.78. The summed E-state index contributed by atoms with van der Waals surface area (Å²) in [4.78, 5) is 23.8. The molecule has 3 N–H and O–H groups in total. The molecule has 0 aliphatic rings. The second-order valence-electron chi connectivity index (χ2n) is 5.81. The first-order valence-electron chi connectivity index (χ1n) is 8.64. The number of rotatable bonds is 9. The summed E-state index contributed by atoms with van der Waals surface area (Å²) in [5, 5.41) is 8.72. The molecule has 0 radical (unpaired) electrons. The molecule has 0 aliphatic heterocycles. The monoisotopic (exact) mass is 355 g/mol. The number of carbonyl (C=O) groups is 2. The lowest BCUT2D eigenvalue weighted by atomic mass is 10.2. The van der Waals surface area contributed by atoms with E-state index in [1.54, 1.807) is 31.4 Å². The molecule has 2 rings (SSSR count). The topological polar surface area (TPSA) is 79.5 Å². The van der Waals surface area contributed by atoms with Gasteiger partial charge in [0.25, 0.3) is 5.91 Å². The normalized spacial score (nSPS) is 10.1. The van der Waals surface area contributed by atoms with Crippen LogP contribution >= 0.6 is 0 Å². The van der Waals surface area contributed by atoms with Crippen LogP contribution in [0.25, 0.3) is 0 Å². The molecule has 0 heterocycles. The van der Waals surface area contributed by atoms with E-state index < -0.39 is 0 Å². The Hall–Kier alpha value is -3.02. The van der Waals surface area contributed by atoms with Crippen molar-refractivity contribution in [3.8, 4) is 5.75 Å². The quantitative estimate of drug-likeness (QED) is 0.646. The molecule has 0 aromatic heterocycles. The lowest BCUT2D eigenvalue weighted by Crippen LogP contribution is -2.29. The number of benzene rings is 2. The van der Waals surface area contributed by atoms with Crippen LogP contribution in [0.1, 0.15) is 29.3 Å². The van der Waals surface area contributed by atoms with Gasteiger partial charge >= 0.3 is 0 Å². The van der Waals surface area contributed by atoms with Crippen LogP contribution in [0.2, 0.25) is 0 Å². The minimum atomic E-state index is -0.106. The number of methoxy groups -OCH3 is 1. The standard InChI is InChI=1S/C20H25N3O3/c1-3-12-21-20(25)16-6-8-17(9-7-16)22-14-19(24)23-13-15-4-10-18(26-2)11-5-15/h4-11,22H,3,12-14H2,1-2H3,(H,21,25)(H,23,24). The van der Waals surface area contributed by atoms with Gasteiger partial charge in [0.2, 0.25) is 5.91 Å². The van der Waals surface area contributed by atoms with E-state index in [-0.39, 0.29) is 18.4 Å². The minimum absolute atomic E-state index is 0.0874. The van der Waals surface area contributed by atoms with Gasteiger partial charge < -0.3 is 20.7 Å². The maximum Gasteiger partial charge on any atom is 0.251 e. The fraction of sp³-hybridized carbons (Fsp3) is 0.300. The Balaban J connectivity index is 1.75. The van der Waals surface area contributed by atoms with E-state index in [2.05, 4.69) is 16.0 Å². The predicted octanol–water partition coefficient (Wildman–Crippen LogP) is 2.56. The van der Waals surface area contributed by atoms with Gasteiger partial charge in [-0.3, -0.25) is 9.59 Å². The zero-order valence-electron chi connectivity index (χ0n) is 15.2. The second kappa shape index (κ2) is 10.1. The van der Waals surface area contributed by atoms with Crippen molar-refractivity contribution < 1.29 is 14.3 Å². The molecule has 0 fully saturated rings. The summed E-state index contributed by atoms with van der Waals surface area (Å²) >= 11 is 0. The number of ether oxygens (including phenoxy) is 1. The van der Waals surface area contributed by atoms with Gasteiger partial charge in [-0.05, 0) is 48.4 Å². The molecule has 2 amide bonds. The summed E-state index contributed by atoms with van der Waals surface area (Å²) < 4.78 is 5.10. The number of anilines is 1. The van der Waals surface area contributed by atoms with Gasteiger partial charge in [-0.25, -0.2) is 0 Å². The van der Waals surface area contributed by atoms with E-state index in [9.17, 15) is 9.59 Å². The Morgan fingerprint density at radius 3 is 2.27 bits per heavy atom. The molecule has 0 aliphatic carbocycles. The van der Waals surface area contributed by atoms with Crippen molar-refractivity contribution in [2.45, 2.75) is 19.9 Å². The average Bonchev–Trinajstić information content (AvgIpc) is 2.69. The Labute approximate surface area is 153 Å². The maximum atomic E-state index is 11.9. The number of nitrogens with one attached hydrogen (secondary N) is 3. The van der Waals surface area contributed by atoms with Crippen LogP contribution in [0, 0.1) is 0 Å². The van der Waals surface area contributed by atoms with Crippen molar-refractivity contribution in [1.82, 2.24) is 10.6 Å². The highest BCUT2D eigenvalue weighted by Gasteiger charge is 2.05. The van der Waals surface area contributed by atoms with E-state index in [0.717, 1.165) is 23.4 Å². The van der Waals surface area contributed by atoms with Crippen LogP contribution in [0.15, 0.2) is 48.5 Å². The predicted molar refractivity (Wildman–Crippen MR) is 102 cm³/mol. The van der Waals surface area contributed by atoms with Crippen LogP contribution < -0.4 is 20.7 Å². The Morgan fingerprint density at radius 1 is 0.962 bits per heavy atom. The van der Waals surface area contributed by atoms with Crippen LogP contribution in [-0.2, 0) is 11.3 Å². The average molecular weight is 355 g/mol. The lowest BCUT2D eigenvalue weighted by molar-refractivity contribution is -0.119. The highest BCUT2D eigenvalue weighted by Crippen LogP contribution is 2.11. The van der Waals surface area contributed by atoms with Gasteiger partial charge in [-0.1, -0.05) is 19.1 Å². The first-order chi connectivity index (χ1) is 12.6. The van der Waals surface area contributed by atoms with E-state index >= 15 is 0 Å². The van der Waals surface area contributed by atoms with E-state index in [1.165, 1.54) is 0 Å². The lowest BCUT2D eigenvalue weighted by Gasteiger charge is -2.09. The molecule has 6 nitrogen and oxygen atoms in total. The number of amides is 2. The number of hydrogen-bond acceptors (Lipinski definition) is 4. The largest absolute Gasteiger partial charge is 0.497 e. The number of hydrogen-bond donors (Lipinski definition) is 3. The van der Waals surface area contributed by atoms with Crippen LogP contribution in [0.5, 0.6) is 5.75 Å². The zero-order chi connectivity index (χ0) is 18.8. The van der Waals surface area contributed by atoms with Gasteiger partial charge in [-0.2, -0.15) is 0 Å². The Morgan fingerprint density at radius 2 is 1.65 bits per heavy atom. The molecular weight excluding hydrogens is 330 g/mol. The highest BCUT2D eigenvalue weighted by molar-refractivity contribution is 5.94. The molecule has 0 unspecified atom stereocenters. The molecule has 6 heteroatoms. The Bertz CT molecular complexity index is 712. The van der Waals surface area contributed by atoms with Crippen molar-refractivity contribution in [1.29, 1.82) is 0 Å². The number of carbonyl (C=O) groups excluding carboxylic acids is 2. The maximum absolute atomic E-state index is 11.9. The van der Waals surface area contributed by atoms with Crippen molar-refractivity contribution in [2.75, 3.05) is 25.5 Å². The molecule has 0 bridgehead atoms. The van der Waals surface area contributed by atoms with Gasteiger partial charge in [0.1, 0.15) is 5.75 Å². The minimum Gasteiger partial charge on any atom is -0.497 e. The van der Waals surface area contributed by atoms with Gasteiger partial charge in [0.05, 0.1) is 13.7 Å². The van der Waals surface area contributed by atoms with Crippen molar-refractivity contribution in [3.63, 3.8) is 0 Å². The third-order valence-electron chi connectivity index (χ3n) is 3.78. The van der Waals surface area contributed by atoms with Crippen LogP contribution in [0.4, 0.5) is 5.69 Å². The molecule has 138 valence electrons. The fourth-order valence-corrected chi connectivity index (χ4v) is 2.27. The summed E-state index contributed by atoms with van der Waals surface area (Å²) in [6.45, 7) is 3.29. The summed E-state index contributed by atoms with van der Waals surface area (Å²) in [6.07, 6.45) is 0.900. The van der Waals surface area contributed by atoms with Crippen molar-refractivity contribution in [3.05, 3.63) is 59.7 Å². The van der Waals surface area contributed by atoms with E-state index in [4.69, 9.17) is 4.74 Å². The SMILES string of the molecule is CCCNC(=O)c1ccc(NCC(=O)NCc2ccc(OC)cc2)cc1. The summed E-state index contributed by atoms with van der Waals surface area (Å²) in [7, 11) is 1.62. The fourth-order valence-electron chi connectivity index (χ4n) is 2.27. The van der Waals surface area contributed by atoms with Crippen LogP contribution in [0.3, 0.4) is 0 Å².